The molecule has 4 aromatic rings. The molecular formula is C26H27N5O. The van der Waals surface area contributed by atoms with Gasteiger partial charge < -0.3 is 16.0 Å². The Kier molecular flexibility index (Phi) is 6.03. The molecule has 0 saturated carbocycles. The van der Waals surface area contributed by atoms with Gasteiger partial charge in [0.1, 0.15) is 12.1 Å². The summed E-state index contributed by atoms with van der Waals surface area (Å²) in [5.41, 5.74) is 4.70. The highest BCUT2D eigenvalue weighted by atomic mass is 16.2. The van der Waals surface area contributed by atoms with Crippen LogP contribution in [0.25, 0.3) is 10.9 Å². The summed E-state index contributed by atoms with van der Waals surface area (Å²) < 4.78 is 0. The van der Waals surface area contributed by atoms with Crippen LogP contribution >= 0.6 is 0 Å². The minimum absolute atomic E-state index is 0.0767. The van der Waals surface area contributed by atoms with E-state index in [1.807, 2.05) is 72.8 Å². The van der Waals surface area contributed by atoms with E-state index in [4.69, 9.17) is 0 Å². The molecule has 162 valence electrons. The first-order chi connectivity index (χ1) is 15.4. The van der Waals surface area contributed by atoms with Crippen LogP contribution in [0.15, 0.2) is 79.1 Å². The summed E-state index contributed by atoms with van der Waals surface area (Å²) in [4.78, 5) is 21.1. The number of hydrogen-bond acceptors (Lipinski definition) is 4. The predicted molar refractivity (Wildman–Crippen MR) is 131 cm³/mol. The Balaban J connectivity index is 1.38. The Morgan fingerprint density at radius 2 is 1.59 bits per heavy atom. The Bertz CT molecular complexity index is 1220. The molecule has 0 aliphatic carbocycles. The third-order valence-corrected chi connectivity index (χ3v) is 5.20. The summed E-state index contributed by atoms with van der Waals surface area (Å²) in [6.07, 6.45) is 1.56. The second-order valence-corrected chi connectivity index (χ2v) is 8.70. The zero-order chi connectivity index (χ0) is 22.6. The third kappa shape index (κ3) is 5.21. The van der Waals surface area contributed by atoms with E-state index in [-0.39, 0.29) is 11.4 Å². The molecule has 0 atom stereocenters. The molecule has 0 aliphatic rings. The Morgan fingerprint density at radius 3 is 2.38 bits per heavy atom. The van der Waals surface area contributed by atoms with E-state index in [1.165, 1.54) is 5.56 Å². The fourth-order valence-corrected chi connectivity index (χ4v) is 3.44. The van der Waals surface area contributed by atoms with Crippen molar-refractivity contribution < 1.29 is 4.79 Å². The maximum Gasteiger partial charge on any atom is 0.323 e. The van der Waals surface area contributed by atoms with Crippen molar-refractivity contribution in [1.29, 1.82) is 0 Å². The van der Waals surface area contributed by atoms with Gasteiger partial charge in [0.05, 0.1) is 5.52 Å². The van der Waals surface area contributed by atoms with Crippen LogP contribution in [-0.4, -0.2) is 16.0 Å². The van der Waals surface area contributed by atoms with Crippen molar-refractivity contribution in [2.75, 3.05) is 16.0 Å². The van der Waals surface area contributed by atoms with Crippen molar-refractivity contribution in [2.45, 2.75) is 32.7 Å². The van der Waals surface area contributed by atoms with Crippen molar-refractivity contribution in [3.05, 3.63) is 90.3 Å². The quantitative estimate of drug-likeness (QED) is 0.356. The number of aromatic nitrogens is 2. The molecular weight excluding hydrogens is 398 g/mol. The number of carbonyl (C=O) groups excluding carboxylic acids is 1. The van der Waals surface area contributed by atoms with Gasteiger partial charge in [0.15, 0.2) is 0 Å². The number of hydrogen-bond donors (Lipinski definition) is 3. The van der Waals surface area contributed by atoms with Crippen LogP contribution in [0.3, 0.4) is 0 Å². The average Bonchev–Trinajstić information content (AvgIpc) is 2.77. The number of fused-ring (bicyclic) bond motifs is 1. The van der Waals surface area contributed by atoms with Crippen molar-refractivity contribution in [3.8, 4) is 0 Å². The van der Waals surface area contributed by atoms with Gasteiger partial charge in [-0.05, 0) is 52.9 Å². The molecule has 0 bridgehead atoms. The van der Waals surface area contributed by atoms with E-state index >= 15 is 0 Å². The molecule has 1 aromatic heterocycles. The van der Waals surface area contributed by atoms with Crippen LogP contribution in [0.1, 0.15) is 31.9 Å². The van der Waals surface area contributed by atoms with Gasteiger partial charge in [-0.1, -0.05) is 57.2 Å². The standard InChI is InChI=1S/C26H27N5O/c1-26(2,3)19-11-13-20(14-12-19)30-25(32)31-21-8-6-7-18(15-21)16-27-24-22-9-4-5-10-23(22)28-17-29-24/h4-15,17H,16H2,1-3H3,(H,27,28,29)(H2,30,31,32). The highest BCUT2D eigenvalue weighted by molar-refractivity contribution is 5.99. The lowest BCUT2D eigenvalue weighted by atomic mass is 9.87. The van der Waals surface area contributed by atoms with E-state index in [9.17, 15) is 4.79 Å². The SMILES string of the molecule is CC(C)(C)c1ccc(NC(=O)Nc2cccc(CNc3ncnc4ccccc34)c2)cc1. The van der Waals surface area contributed by atoms with Gasteiger partial charge >= 0.3 is 6.03 Å². The van der Waals surface area contributed by atoms with Crippen molar-refractivity contribution in [3.63, 3.8) is 0 Å². The monoisotopic (exact) mass is 425 g/mol. The maximum atomic E-state index is 12.4. The number of carbonyl (C=O) groups is 1. The summed E-state index contributed by atoms with van der Waals surface area (Å²) in [7, 11) is 0. The highest BCUT2D eigenvalue weighted by Gasteiger charge is 2.13. The Morgan fingerprint density at radius 1 is 0.844 bits per heavy atom. The zero-order valence-electron chi connectivity index (χ0n) is 18.5. The first-order valence-corrected chi connectivity index (χ1v) is 10.6. The van der Waals surface area contributed by atoms with Crippen LogP contribution in [0.5, 0.6) is 0 Å². The van der Waals surface area contributed by atoms with E-state index in [2.05, 4.69) is 46.7 Å². The number of nitrogens with one attached hydrogen (secondary N) is 3. The van der Waals surface area contributed by atoms with Gasteiger partial charge in [-0.15, -0.1) is 0 Å². The van der Waals surface area contributed by atoms with Gasteiger partial charge in [0, 0.05) is 23.3 Å². The molecule has 0 aliphatic heterocycles. The van der Waals surface area contributed by atoms with Crippen LogP contribution < -0.4 is 16.0 Å². The minimum atomic E-state index is -0.277. The normalized spacial score (nSPS) is 11.2. The summed E-state index contributed by atoms with van der Waals surface area (Å²) in [5.74, 6) is 0.783. The topological polar surface area (TPSA) is 78.9 Å². The first kappa shape index (κ1) is 21.3. The molecule has 2 amide bonds. The molecule has 4 rings (SSSR count). The molecule has 3 aromatic carbocycles. The second-order valence-electron chi connectivity index (χ2n) is 8.70. The lowest BCUT2D eigenvalue weighted by molar-refractivity contribution is 0.262. The van der Waals surface area contributed by atoms with E-state index in [1.54, 1.807) is 6.33 Å². The number of benzene rings is 3. The molecule has 3 N–H and O–H groups in total. The van der Waals surface area contributed by atoms with Gasteiger partial charge in [-0.3, -0.25) is 0 Å². The van der Waals surface area contributed by atoms with Gasteiger partial charge in [0.25, 0.3) is 0 Å². The van der Waals surface area contributed by atoms with Crippen LogP contribution in [0.2, 0.25) is 0 Å². The zero-order valence-corrected chi connectivity index (χ0v) is 18.5. The fraction of sp³-hybridized carbons (Fsp3) is 0.192. The molecule has 0 spiro atoms. The first-order valence-electron chi connectivity index (χ1n) is 10.6. The van der Waals surface area contributed by atoms with Crippen molar-refractivity contribution in [1.82, 2.24) is 9.97 Å². The van der Waals surface area contributed by atoms with E-state index in [0.717, 1.165) is 33.7 Å². The number of rotatable bonds is 5. The van der Waals surface area contributed by atoms with Crippen molar-refractivity contribution >= 4 is 34.1 Å². The number of urea groups is 1. The Hall–Kier alpha value is -3.93. The lowest BCUT2D eigenvalue weighted by Gasteiger charge is -2.19. The molecule has 0 radical (unpaired) electrons. The lowest BCUT2D eigenvalue weighted by Crippen LogP contribution is -2.19. The van der Waals surface area contributed by atoms with E-state index < -0.39 is 0 Å². The molecule has 6 nitrogen and oxygen atoms in total. The maximum absolute atomic E-state index is 12.4. The van der Waals surface area contributed by atoms with Crippen LogP contribution in [0, 0.1) is 0 Å². The second kappa shape index (κ2) is 9.06. The highest BCUT2D eigenvalue weighted by Crippen LogP contribution is 2.24. The van der Waals surface area contributed by atoms with Crippen LogP contribution in [0.4, 0.5) is 22.0 Å². The summed E-state index contributed by atoms with van der Waals surface area (Å²) in [5, 5.41) is 10.1. The molecule has 0 fully saturated rings. The van der Waals surface area contributed by atoms with Gasteiger partial charge in [-0.25, -0.2) is 14.8 Å². The molecule has 0 unspecified atom stereocenters. The fourth-order valence-electron chi connectivity index (χ4n) is 3.44. The summed E-state index contributed by atoms with van der Waals surface area (Å²) >= 11 is 0. The van der Waals surface area contributed by atoms with Gasteiger partial charge in [-0.2, -0.15) is 0 Å². The molecule has 6 heteroatoms. The molecule has 1 heterocycles. The summed E-state index contributed by atoms with van der Waals surface area (Å²) in [6.45, 7) is 7.07. The number of amides is 2. The van der Waals surface area contributed by atoms with Crippen molar-refractivity contribution in [2.24, 2.45) is 0 Å². The summed E-state index contributed by atoms with van der Waals surface area (Å²) in [6, 6.07) is 23.3. The number of nitrogens with zero attached hydrogens (tertiary/aromatic N) is 2. The molecule has 0 saturated heterocycles. The third-order valence-electron chi connectivity index (χ3n) is 5.20. The smallest absolute Gasteiger partial charge is 0.323 e. The minimum Gasteiger partial charge on any atom is -0.365 e. The van der Waals surface area contributed by atoms with Crippen LogP contribution in [-0.2, 0) is 12.0 Å². The number of anilines is 3. The van der Waals surface area contributed by atoms with Gasteiger partial charge in [0.2, 0.25) is 0 Å². The van der Waals surface area contributed by atoms with E-state index in [0.29, 0.717) is 6.54 Å². The molecule has 32 heavy (non-hydrogen) atoms. The largest absolute Gasteiger partial charge is 0.365 e. The average molecular weight is 426 g/mol. The number of para-hydroxylation sites is 1. The Labute approximate surface area is 188 Å². The predicted octanol–water partition coefficient (Wildman–Crippen LogP) is 6.18.